The van der Waals surface area contributed by atoms with E-state index >= 15 is 0 Å². The minimum absolute atomic E-state index is 0.0808. The smallest absolute Gasteiger partial charge is 0.328 e. The summed E-state index contributed by atoms with van der Waals surface area (Å²) in [7, 11) is 0. The van der Waals surface area contributed by atoms with Gasteiger partial charge in [-0.15, -0.1) is 0 Å². The van der Waals surface area contributed by atoms with E-state index < -0.39 is 84.9 Å². The van der Waals surface area contributed by atoms with Gasteiger partial charge in [0.05, 0.1) is 18.8 Å². The van der Waals surface area contributed by atoms with Crippen LogP contribution in [0.2, 0.25) is 0 Å². The molecular weight excluding hydrogens is 644 g/mol. The van der Waals surface area contributed by atoms with Gasteiger partial charge in [0.1, 0.15) is 23.9 Å². The molecule has 0 unspecified atom stereocenters. The highest BCUT2D eigenvalue weighted by Crippen LogP contribution is 2.19. The van der Waals surface area contributed by atoms with Crippen molar-refractivity contribution in [2.75, 3.05) is 6.61 Å². The first-order valence-electron chi connectivity index (χ1n) is 15.2. The standard InChI is InChI=1S/C32H40N6O11/c1-16(40)27(32(48)49)38-31(47)25(15-39)37-30(46)24(12-17-6-8-19(41)9-7-17)36-29(45)23(10-11-26(42)43)35-28(44)21(33)13-18-14-34-22-5-3-2-4-20(18)22/h2-9,14,16,21,23-25,27,34,39-41H,10-13,15,33H2,1H3,(H,35,44)(H,36,45)(H,37,46)(H,38,47)(H,42,43)(H,48,49)/t16-,21+,23+,24+,25+,27+/m1/s1. The van der Waals surface area contributed by atoms with Crippen molar-refractivity contribution < 1.29 is 54.3 Å². The molecule has 1 heterocycles. The van der Waals surface area contributed by atoms with E-state index in [4.69, 9.17) is 5.73 Å². The molecular formula is C32H40N6O11. The quantitative estimate of drug-likeness (QED) is 0.0711. The topological polar surface area (TPSA) is 294 Å². The van der Waals surface area contributed by atoms with Crippen molar-refractivity contribution in [1.29, 1.82) is 0 Å². The third-order valence-electron chi connectivity index (χ3n) is 7.60. The number of amides is 4. The van der Waals surface area contributed by atoms with E-state index in [9.17, 15) is 54.3 Å². The number of carbonyl (C=O) groups excluding carboxylic acids is 4. The Morgan fingerprint density at radius 2 is 1.39 bits per heavy atom. The van der Waals surface area contributed by atoms with Gasteiger partial charge in [-0.05, 0) is 49.1 Å². The zero-order valence-corrected chi connectivity index (χ0v) is 26.5. The predicted octanol–water partition coefficient (Wildman–Crippen LogP) is -1.75. The number of aromatic hydroxyl groups is 1. The van der Waals surface area contributed by atoms with Crippen molar-refractivity contribution in [3.63, 3.8) is 0 Å². The summed E-state index contributed by atoms with van der Waals surface area (Å²) in [6, 6.07) is 5.32. The van der Waals surface area contributed by atoms with Gasteiger partial charge < -0.3 is 57.5 Å². The van der Waals surface area contributed by atoms with Crippen LogP contribution in [0.1, 0.15) is 30.9 Å². The number of aliphatic hydroxyl groups is 2. The minimum Gasteiger partial charge on any atom is -0.508 e. The Morgan fingerprint density at radius 1 is 0.796 bits per heavy atom. The van der Waals surface area contributed by atoms with E-state index in [0.29, 0.717) is 5.56 Å². The minimum atomic E-state index is -1.76. The van der Waals surface area contributed by atoms with Crippen molar-refractivity contribution in [3.05, 3.63) is 65.9 Å². The van der Waals surface area contributed by atoms with Crippen molar-refractivity contribution in [3.8, 4) is 5.75 Å². The molecule has 0 aliphatic rings. The molecule has 0 bridgehead atoms. The Kier molecular flexibility index (Phi) is 13.6. The average molecular weight is 685 g/mol. The van der Waals surface area contributed by atoms with E-state index in [-0.39, 0.29) is 25.0 Å². The van der Waals surface area contributed by atoms with Crippen LogP contribution >= 0.6 is 0 Å². The SMILES string of the molecule is C[C@@H](O)[C@H](NC(=O)[C@H](CO)NC(=O)[C@H](Cc1ccc(O)cc1)NC(=O)[C@H](CCC(=O)O)NC(=O)[C@@H](N)Cc1c[nH]c2ccccc12)C(=O)O. The lowest BCUT2D eigenvalue weighted by molar-refractivity contribution is -0.145. The van der Waals surface area contributed by atoms with Gasteiger partial charge >= 0.3 is 11.9 Å². The molecule has 0 saturated heterocycles. The van der Waals surface area contributed by atoms with Crippen molar-refractivity contribution in [2.24, 2.45) is 5.73 Å². The first kappa shape index (κ1) is 37.9. The van der Waals surface area contributed by atoms with Crippen LogP contribution in [-0.2, 0) is 41.6 Å². The molecule has 0 aliphatic carbocycles. The number of para-hydroxylation sites is 1. The van der Waals surface area contributed by atoms with Crippen LogP contribution in [0, 0.1) is 0 Å². The predicted molar refractivity (Wildman–Crippen MR) is 173 cm³/mol. The molecule has 49 heavy (non-hydrogen) atoms. The summed E-state index contributed by atoms with van der Waals surface area (Å²) >= 11 is 0. The van der Waals surface area contributed by atoms with Gasteiger partial charge in [0, 0.05) is 29.9 Å². The van der Waals surface area contributed by atoms with Crippen LogP contribution < -0.4 is 27.0 Å². The molecule has 0 fully saturated rings. The summed E-state index contributed by atoms with van der Waals surface area (Å²) in [4.78, 5) is 78.7. The number of H-pyrrole nitrogens is 1. The van der Waals surface area contributed by atoms with Crippen LogP contribution in [0.5, 0.6) is 5.75 Å². The summed E-state index contributed by atoms with van der Waals surface area (Å²) in [5, 5.41) is 57.7. The zero-order chi connectivity index (χ0) is 36.2. The van der Waals surface area contributed by atoms with Crippen LogP contribution in [0.15, 0.2) is 54.7 Å². The number of carboxylic acids is 2. The largest absolute Gasteiger partial charge is 0.508 e. The molecule has 0 saturated carbocycles. The molecule has 6 atom stereocenters. The molecule has 264 valence electrons. The zero-order valence-electron chi connectivity index (χ0n) is 26.5. The molecule has 0 radical (unpaired) electrons. The molecule has 0 aliphatic heterocycles. The first-order valence-corrected chi connectivity index (χ1v) is 15.2. The molecule has 3 rings (SSSR count). The van der Waals surface area contributed by atoms with Crippen molar-refractivity contribution >= 4 is 46.5 Å². The Balaban J connectivity index is 1.80. The molecule has 3 aromatic rings. The molecule has 17 heteroatoms. The van der Waals surface area contributed by atoms with Crippen molar-refractivity contribution in [2.45, 2.75) is 68.9 Å². The maximum atomic E-state index is 13.5. The summed E-state index contributed by atoms with van der Waals surface area (Å²) in [6.45, 7) is 0.124. The summed E-state index contributed by atoms with van der Waals surface area (Å²) in [6.07, 6.45) is -0.888. The number of fused-ring (bicyclic) bond motifs is 1. The number of aromatic nitrogens is 1. The van der Waals surface area contributed by atoms with E-state index in [1.54, 1.807) is 6.20 Å². The number of carboxylic acid groups (broad SMARTS) is 2. The number of nitrogens with one attached hydrogen (secondary N) is 5. The summed E-state index contributed by atoms with van der Waals surface area (Å²) in [5.74, 6) is -6.80. The number of aliphatic hydroxyl groups excluding tert-OH is 2. The number of nitrogens with two attached hydrogens (primary N) is 1. The molecule has 2 aromatic carbocycles. The van der Waals surface area contributed by atoms with Gasteiger partial charge in [-0.1, -0.05) is 30.3 Å². The monoisotopic (exact) mass is 684 g/mol. The van der Waals surface area contributed by atoms with Gasteiger partial charge in [0.25, 0.3) is 0 Å². The fourth-order valence-electron chi connectivity index (χ4n) is 4.90. The van der Waals surface area contributed by atoms with Gasteiger partial charge in [-0.3, -0.25) is 24.0 Å². The van der Waals surface area contributed by atoms with E-state index in [1.807, 2.05) is 29.6 Å². The second-order valence-electron chi connectivity index (χ2n) is 11.4. The van der Waals surface area contributed by atoms with Crippen LogP contribution in [0.3, 0.4) is 0 Å². The van der Waals surface area contributed by atoms with Gasteiger partial charge in [-0.2, -0.15) is 0 Å². The van der Waals surface area contributed by atoms with Gasteiger partial charge in [0.2, 0.25) is 23.6 Å². The highest BCUT2D eigenvalue weighted by molar-refractivity contribution is 5.96. The van der Waals surface area contributed by atoms with Crippen LogP contribution in [-0.4, -0.2) is 109 Å². The number of aromatic amines is 1. The summed E-state index contributed by atoms with van der Waals surface area (Å²) < 4.78 is 0. The van der Waals surface area contributed by atoms with Crippen molar-refractivity contribution in [1.82, 2.24) is 26.3 Å². The molecule has 12 N–H and O–H groups in total. The lowest BCUT2D eigenvalue weighted by Crippen LogP contribution is -2.60. The first-order chi connectivity index (χ1) is 23.2. The second-order valence-corrected chi connectivity index (χ2v) is 11.4. The molecule has 4 amide bonds. The van der Waals surface area contributed by atoms with E-state index in [2.05, 4.69) is 20.9 Å². The summed E-state index contributed by atoms with van der Waals surface area (Å²) in [5.41, 5.74) is 8.15. The Labute approximate surface area is 279 Å². The lowest BCUT2D eigenvalue weighted by atomic mass is 10.0. The number of benzene rings is 2. The Morgan fingerprint density at radius 3 is 2.00 bits per heavy atom. The number of hydrogen-bond donors (Lipinski definition) is 11. The maximum absolute atomic E-state index is 13.5. The number of aliphatic carboxylic acids is 2. The number of phenolic OH excluding ortho intramolecular Hbond substituents is 1. The van der Waals surface area contributed by atoms with E-state index in [0.717, 1.165) is 23.4 Å². The van der Waals surface area contributed by atoms with Gasteiger partial charge in [0.15, 0.2) is 6.04 Å². The number of rotatable bonds is 18. The third kappa shape index (κ3) is 11.0. The Bertz CT molecular complexity index is 1640. The highest BCUT2D eigenvalue weighted by atomic mass is 16.4. The number of carbonyl (C=O) groups is 6. The average Bonchev–Trinajstić information content (AvgIpc) is 3.46. The van der Waals surface area contributed by atoms with Crippen LogP contribution in [0.4, 0.5) is 0 Å². The fraction of sp³-hybridized carbons (Fsp3) is 0.375. The third-order valence-corrected chi connectivity index (χ3v) is 7.60. The Hall–Kier alpha value is -5.52. The van der Waals surface area contributed by atoms with Crippen LogP contribution in [0.25, 0.3) is 10.9 Å². The maximum Gasteiger partial charge on any atom is 0.328 e. The number of hydrogen-bond acceptors (Lipinski definition) is 10. The molecule has 0 spiro atoms. The lowest BCUT2D eigenvalue weighted by Gasteiger charge is -2.26. The normalized spacial score (nSPS) is 14.8. The van der Waals surface area contributed by atoms with E-state index in [1.165, 1.54) is 24.3 Å². The highest BCUT2D eigenvalue weighted by Gasteiger charge is 2.33. The second kappa shape index (κ2) is 17.6. The molecule has 17 nitrogen and oxygen atoms in total. The molecule has 1 aromatic heterocycles. The fourth-order valence-corrected chi connectivity index (χ4v) is 4.90. The number of phenols is 1. The van der Waals surface area contributed by atoms with Gasteiger partial charge in [-0.25, -0.2) is 4.79 Å².